The van der Waals surface area contributed by atoms with Gasteiger partial charge in [-0.15, -0.1) is 0 Å². The first-order chi connectivity index (χ1) is 11.2. The molecule has 5 nitrogen and oxygen atoms in total. The number of amides is 1. The van der Waals surface area contributed by atoms with E-state index < -0.39 is 0 Å². The van der Waals surface area contributed by atoms with Gasteiger partial charge in [0, 0.05) is 19.0 Å². The van der Waals surface area contributed by atoms with Crippen LogP contribution >= 0.6 is 0 Å². The summed E-state index contributed by atoms with van der Waals surface area (Å²) in [4.78, 5) is 14.7. The lowest BCUT2D eigenvalue weighted by Crippen LogP contribution is -2.31. The molecule has 1 unspecified atom stereocenters. The van der Waals surface area contributed by atoms with Crippen molar-refractivity contribution >= 4 is 5.91 Å². The Morgan fingerprint density at radius 2 is 2.30 bits per heavy atom. The fourth-order valence-corrected chi connectivity index (χ4v) is 3.53. The van der Waals surface area contributed by atoms with Gasteiger partial charge in [0.15, 0.2) is 5.76 Å². The molecule has 1 atom stereocenters. The van der Waals surface area contributed by atoms with E-state index in [-0.39, 0.29) is 11.9 Å². The van der Waals surface area contributed by atoms with Gasteiger partial charge < -0.3 is 14.2 Å². The third-order valence-electron chi connectivity index (χ3n) is 4.66. The predicted molar refractivity (Wildman–Crippen MR) is 84.3 cm³/mol. The van der Waals surface area contributed by atoms with Crippen LogP contribution in [0.15, 0.2) is 28.8 Å². The number of carbonyl (C=O) groups excluding carboxylic acids is 1. The lowest BCUT2D eigenvalue weighted by molar-refractivity contribution is -0.131. The number of hydrogen-bond acceptors (Lipinski definition) is 4. The molecule has 0 N–H and O–H groups in total. The summed E-state index contributed by atoms with van der Waals surface area (Å²) in [5.74, 6) is 1.91. The number of hydrogen-bond donors (Lipinski definition) is 0. The molecule has 0 aliphatic carbocycles. The number of rotatable bonds is 3. The summed E-state index contributed by atoms with van der Waals surface area (Å²) in [6, 6.07) is 8.03. The van der Waals surface area contributed by atoms with E-state index in [1.165, 1.54) is 5.56 Å². The van der Waals surface area contributed by atoms with Gasteiger partial charge in [0.25, 0.3) is 0 Å². The Balaban J connectivity index is 1.50. The first-order valence-corrected chi connectivity index (χ1v) is 8.18. The molecular formula is C18H20N2O3. The monoisotopic (exact) mass is 312 g/mol. The molecule has 4 rings (SSSR count). The molecular weight excluding hydrogens is 292 g/mol. The van der Waals surface area contributed by atoms with Gasteiger partial charge in [-0.1, -0.05) is 17.3 Å². The summed E-state index contributed by atoms with van der Waals surface area (Å²) in [6.45, 7) is 3.43. The average molecular weight is 312 g/mol. The molecule has 0 bridgehead atoms. The highest BCUT2D eigenvalue weighted by molar-refractivity contribution is 5.79. The summed E-state index contributed by atoms with van der Waals surface area (Å²) in [5, 5.41) is 3.95. The molecule has 0 radical (unpaired) electrons. The van der Waals surface area contributed by atoms with Crippen molar-refractivity contribution in [1.29, 1.82) is 0 Å². The maximum Gasteiger partial charge on any atom is 0.227 e. The summed E-state index contributed by atoms with van der Waals surface area (Å²) in [7, 11) is 0. The molecule has 1 saturated heterocycles. The normalized spacial score (nSPS) is 19.7. The van der Waals surface area contributed by atoms with E-state index in [1.807, 2.05) is 30.0 Å². The quantitative estimate of drug-likeness (QED) is 0.874. The van der Waals surface area contributed by atoms with Crippen LogP contribution in [0.25, 0.3) is 0 Å². The van der Waals surface area contributed by atoms with Crippen LogP contribution in [0.1, 0.15) is 41.5 Å². The number of aryl methyl sites for hydroxylation is 1. The molecule has 120 valence electrons. The van der Waals surface area contributed by atoms with E-state index in [0.29, 0.717) is 6.42 Å². The molecule has 1 fully saturated rings. The van der Waals surface area contributed by atoms with Crippen LogP contribution in [0.5, 0.6) is 5.75 Å². The third kappa shape index (κ3) is 2.71. The van der Waals surface area contributed by atoms with Crippen LogP contribution in [0.2, 0.25) is 0 Å². The van der Waals surface area contributed by atoms with Crippen LogP contribution < -0.4 is 4.74 Å². The van der Waals surface area contributed by atoms with Gasteiger partial charge >= 0.3 is 0 Å². The molecule has 3 heterocycles. The fourth-order valence-electron chi connectivity index (χ4n) is 3.53. The number of carbonyl (C=O) groups is 1. The Morgan fingerprint density at radius 3 is 3.13 bits per heavy atom. The third-order valence-corrected chi connectivity index (χ3v) is 4.66. The zero-order valence-corrected chi connectivity index (χ0v) is 13.2. The first-order valence-electron chi connectivity index (χ1n) is 8.18. The molecule has 1 aromatic heterocycles. The van der Waals surface area contributed by atoms with Crippen molar-refractivity contribution < 1.29 is 14.1 Å². The van der Waals surface area contributed by atoms with Crippen LogP contribution in [0, 0.1) is 6.92 Å². The van der Waals surface area contributed by atoms with E-state index in [4.69, 9.17) is 9.26 Å². The van der Waals surface area contributed by atoms with E-state index in [9.17, 15) is 4.79 Å². The largest absolute Gasteiger partial charge is 0.493 e. The number of aromatic nitrogens is 1. The number of nitrogens with zero attached hydrogens (tertiary/aromatic N) is 2. The number of benzene rings is 1. The minimum absolute atomic E-state index is 0.0291. The molecule has 1 amide bonds. The second-order valence-corrected chi connectivity index (χ2v) is 6.33. The second kappa shape index (κ2) is 5.72. The van der Waals surface area contributed by atoms with Crippen LogP contribution in [-0.2, 0) is 17.6 Å². The van der Waals surface area contributed by atoms with E-state index in [0.717, 1.165) is 55.2 Å². The summed E-state index contributed by atoms with van der Waals surface area (Å²) in [5.41, 5.74) is 3.12. The average Bonchev–Trinajstić information content (AvgIpc) is 3.26. The minimum atomic E-state index is 0.0291. The minimum Gasteiger partial charge on any atom is -0.493 e. The van der Waals surface area contributed by atoms with Crippen molar-refractivity contribution in [2.24, 2.45) is 0 Å². The Bertz CT molecular complexity index is 738. The molecule has 2 aliphatic rings. The zero-order chi connectivity index (χ0) is 15.8. The van der Waals surface area contributed by atoms with Crippen LogP contribution in [0.3, 0.4) is 0 Å². The molecule has 2 aromatic rings. The lowest BCUT2D eigenvalue weighted by atomic mass is 10.1. The highest BCUT2D eigenvalue weighted by Gasteiger charge is 2.32. The van der Waals surface area contributed by atoms with Crippen LogP contribution in [-0.4, -0.2) is 29.1 Å². The maximum absolute atomic E-state index is 12.7. The zero-order valence-electron chi connectivity index (χ0n) is 13.2. The highest BCUT2D eigenvalue weighted by Crippen LogP contribution is 2.33. The second-order valence-electron chi connectivity index (χ2n) is 6.33. The van der Waals surface area contributed by atoms with Crippen LogP contribution in [0.4, 0.5) is 0 Å². The lowest BCUT2D eigenvalue weighted by Gasteiger charge is -2.22. The van der Waals surface area contributed by atoms with Crippen molar-refractivity contribution in [3.05, 3.63) is 46.8 Å². The number of fused-ring (bicyclic) bond motifs is 1. The molecule has 23 heavy (non-hydrogen) atoms. The maximum atomic E-state index is 12.7. The van der Waals surface area contributed by atoms with Gasteiger partial charge in [-0.25, -0.2) is 0 Å². The predicted octanol–water partition coefficient (Wildman–Crippen LogP) is 2.82. The number of likely N-dealkylation sites (tertiary alicyclic amines) is 1. The summed E-state index contributed by atoms with van der Waals surface area (Å²) >= 11 is 0. The highest BCUT2D eigenvalue weighted by atomic mass is 16.5. The summed E-state index contributed by atoms with van der Waals surface area (Å²) < 4.78 is 10.9. The Morgan fingerprint density at radius 1 is 1.39 bits per heavy atom. The van der Waals surface area contributed by atoms with Crippen molar-refractivity contribution in [1.82, 2.24) is 10.1 Å². The van der Waals surface area contributed by atoms with Crippen molar-refractivity contribution in [2.75, 3.05) is 13.2 Å². The molecule has 0 saturated carbocycles. The fraction of sp³-hybridized carbons (Fsp3) is 0.444. The summed E-state index contributed by atoms with van der Waals surface area (Å²) in [6.07, 6.45) is 3.31. The van der Waals surface area contributed by atoms with E-state index in [1.54, 1.807) is 0 Å². The standard InChI is InChI=1S/C18H20N2O3/c1-12-9-17(23-19-12)15-3-2-7-20(15)18(21)11-13-4-5-16-14(10-13)6-8-22-16/h4-5,9-10,15H,2-3,6-8,11H2,1H3. The topological polar surface area (TPSA) is 55.6 Å². The van der Waals surface area contributed by atoms with Gasteiger partial charge in [0.1, 0.15) is 5.75 Å². The molecule has 5 heteroatoms. The van der Waals surface area contributed by atoms with Crippen molar-refractivity contribution in [3.8, 4) is 5.75 Å². The SMILES string of the molecule is Cc1cc(C2CCCN2C(=O)Cc2ccc3c(c2)CCO3)on1. The van der Waals surface area contributed by atoms with E-state index >= 15 is 0 Å². The Labute approximate surface area is 135 Å². The molecule has 1 aromatic carbocycles. The van der Waals surface area contributed by atoms with Gasteiger partial charge in [-0.05, 0) is 37.0 Å². The van der Waals surface area contributed by atoms with Gasteiger partial charge in [0.05, 0.1) is 24.8 Å². The van der Waals surface area contributed by atoms with Crippen molar-refractivity contribution in [2.45, 2.75) is 38.6 Å². The van der Waals surface area contributed by atoms with E-state index in [2.05, 4.69) is 11.2 Å². The molecule has 2 aliphatic heterocycles. The Kier molecular flexibility index (Phi) is 3.56. The number of ether oxygens (including phenoxy) is 1. The molecule has 0 spiro atoms. The van der Waals surface area contributed by atoms with Gasteiger partial charge in [0.2, 0.25) is 5.91 Å². The van der Waals surface area contributed by atoms with Gasteiger partial charge in [-0.2, -0.15) is 0 Å². The van der Waals surface area contributed by atoms with Crippen molar-refractivity contribution in [3.63, 3.8) is 0 Å². The first kappa shape index (κ1) is 14.3. The smallest absolute Gasteiger partial charge is 0.227 e. The van der Waals surface area contributed by atoms with Gasteiger partial charge in [-0.3, -0.25) is 4.79 Å². The Hall–Kier alpha value is -2.30.